The molecular formula is C64H49N3. The van der Waals surface area contributed by atoms with E-state index in [1.54, 1.807) is 0 Å². The lowest BCUT2D eigenvalue weighted by Gasteiger charge is -2.21. The number of benzene rings is 8. The molecule has 0 spiro atoms. The van der Waals surface area contributed by atoms with Crippen molar-refractivity contribution >= 4 is 76.5 Å². The van der Waals surface area contributed by atoms with E-state index in [-0.39, 0.29) is 5.41 Å². The Labute approximate surface area is 391 Å². The lowest BCUT2D eigenvalue weighted by molar-refractivity contribution is 0.590. The van der Waals surface area contributed by atoms with Gasteiger partial charge in [-0.05, 0) is 161 Å². The SMILES string of the molecule is CC(C)(C)c1ccc(-c2c3ccccc3c(-c3ccnc(-c4cc5c6ccc(C7=CC=CCC7)cc6n(-c6ccc7c(c6)c6c(c8ccccc87)CCC=C6)c5cn4)c3)c3ccccc23)cc1. The number of fused-ring (bicyclic) bond motifs is 11. The monoisotopic (exact) mass is 859 g/mol. The minimum atomic E-state index is 0.0843. The molecular weight excluding hydrogens is 811 g/mol. The van der Waals surface area contributed by atoms with Crippen molar-refractivity contribution in [1.82, 2.24) is 14.5 Å². The number of pyridine rings is 2. The van der Waals surface area contributed by atoms with E-state index in [9.17, 15) is 0 Å². The average molecular weight is 860 g/mol. The average Bonchev–Trinajstić information content (AvgIpc) is 3.71. The molecule has 0 amide bonds. The van der Waals surface area contributed by atoms with Crippen LogP contribution >= 0.6 is 0 Å². The second-order valence-corrected chi connectivity index (χ2v) is 19.5. The molecule has 3 aromatic heterocycles. The van der Waals surface area contributed by atoms with Crippen LogP contribution in [0, 0.1) is 0 Å². The Balaban J connectivity index is 0.991. The first-order chi connectivity index (χ1) is 32.9. The lowest BCUT2D eigenvalue weighted by atomic mass is 9.83. The highest BCUT2D eigenvalue weighted by molar-refractivity contribution is 6.22. The van der Waals surface area contributed by atoms with Crippen molar-refractivity contribution in [3.05, 3.63) is 211 Å². The van der Waals surface area contributed by atoms with E-state index >= 15 is 0 Å². The van der Waals surface area contributed by atoms with Crippen LogP contribution in [0.15, 0.2) is 188 Å². The second kappa shape index (κ2) is 15.4. The number of aryl methyl sites for hydroxylation is 1. The largest absolute Gasteiger partial charge is 0.308 e. The van der Waals surface area contributed by atoms with Gasteiger partial charge < -0.3 is 4.57 Å². The number of allylic oxidation sites excluding steroid dienone is 5. The molecule has 0 unspecified atom stereocenters. The summed E-state index contributed by atoms with van der Waals surface area (Å²) in [6, 6.07) is 56.7. The summed E-state index contributed by atoms with van der Waals surface area (Å²) in [6.45, 7) is 6.82. The molecule has 320 valence electrons. The zero-order valence-electron chi connectivity index (χ0n) is 38.1. The Morgan fingerprint density at radius 2 is 1.12 bits per heavy atom. The third-order valence-corrected chi connectivity index (χ3v) is 14.6. The predicted molar refractivity (Wildman–Crippen MR) is 285 cm³/mol. The fraction of sp³-hybridized carbons (Fsp3) is 0.125. The molecule has 8 aromatic carbocycles. The summed E-state index contributed by atoms with van der Waals surface area (Å²) in [5.41, 5.74) is 16.8. The third kappa shape index (κ3) is 6.40. The first-order valence-corrected chi connectivity index (χ1v) is 23.8. The summed E-state index contributed by atoms with van der Waals surface area (Å²) in [5.74, 6) is 0. The first-order valence-electron chi connectivity index (χ1n) is 23.8. The number of nitrogens with zero attached hydrogens (tertiary/aromatic N) is 3. The lowest BCUT2D eigenvalue weighted by Crippen LogP contribution is -2.10. The van der Waals surface area contributed by atoms with Crippen LogP contribution in [-0.4, -0.2) is 14.5 Å². The maximum Gasteiger partial charge on any atom is 0.0894 e. The van der Waals surface area contributed by atoms with Crippen LogP contribution in [0.25, 0.3) is 116 Å². The quantitative estimate of drug-likeness (QED) is 0.127. The van der Waals surface area contributed by atoms with Gasteiger partial charge in [-0.3, -0.25) is 9.97 Å². The number of rotatable bonds is 5. The summed E-state index contributed by atoms with van der Waals surface area (Å²) in [6.07, 6.45) is 19.7. The van der Waals surface area contributed by atoms with Crippen LogP contribution in [0.2, 0.25) is 0 Å². The Morgan fingerprint density at radius 3 is 1.84 bits per heavy atom. The van der Waals surface area contributed by atoms with Crippen molar-refractivity contribution in [2.45, 2.75) is 51.9 Å². The molecule has 0 atom stereocenters. The Morgan fingerprint density at radius 1 is 0.478 bits per heavy atom. The summed E-state index contributed by atoms with van der Waals surface area (Å²) >= 11 is 0. The number of aromatic nitrogens is 3. The molecule has 0 fully saturated rings. The summed E-state index contributed by atoms with van der Waals surface area (Å²) in [4.78, 5) is 10.3. The predicted octanol–water partition coefficient (Wildman–Crippen LogP) is 17.2. The fourth-order valence-corrected chi connectivity index (χ4v) is 11.3. The first kappa shape index (κ1) is 39.5. The van der Waals surface area contributed by atoms with Crippen LogP contribution in [0.4, 0.5) is 0 Å². The van der Waals surface area contributed by atoms with Crippen LogP contribution in [-0.2, 0) is 11.8 Å². The molecule has 13 rings (SSSR count). The molecule has 0 saturated heterocycles. The van der Waals surface area contributed by atoms with Gasteiger partial charge in [0.2, 0.25) is 0 Å². The minimum Gasteiger partial charge on any atom is -0.308 e. The number of hydrogen-bond donors (Lipinski definition) is 0. The van der Waals surface area contributed by atoms with E-state index in [4.69, 9.17) is 9.97 Å². The van der Waals surface area contributed by atoms with E-state index in [1.807, 2.05) is 6.20 Å². The molecule has 2 aliphatic rings. The van der Waals surface area contributed by atoms with Crippen molar-refractivity contribution in [1.29, 1.82) is 0 Å². The van der Waals surface area contributed by atoms with Gasteiger partial charge in [-0.1, -0.05) is 166 Å². The van der Waals surface area contributed by atoms with Gasteiger partial charge in [0.1, 0.15) is 0 Å². The van der Waals surface area contributed by atoms with Gasteiger partial charge in [0, 0.05) is 22.7 Å². The Kier molecular flexibility index (Phi) is 9.05. The highest BCUT2D eigenvalue weighted by Crippen LogP contribution is 2.45. The van der Waals surface area contributed by atoms with Crippen molar-refractivity contribution in [2.24, 2.45) is 0 Å². The molecule has 0 bridgehead atoms. The highest BCUT2D eigenvalue weighted by atomic mass is 15.0. The van der Waals surface area contributed by atoms with Gasteiger partial charge in [0.15, 0.2) is 0 Å². The Bertz CT molecular complexity index is 3890. The molecule has 0 aliphatic heterocycles. The van der Waals surface area contributed by atoms with Crippen molar-refractivity contribution < 1.29 is 0 Å². The third-order valence-electron chi connectivity index (χ3n) is 14.6. The van der Waals surface area contributed by atoms with Crippen molar-refractivity contribution in [3.63, 3.8) is 0 Å². The van der Waals surface area contributed by atoms with Crippen molar-refractivity contribution in [3.8, 4) is 39.3 Å². The molecule has 3 heteroatoms. The molecule has 0 radical (unpaired) electrons. The molecule has 3 nitrogen and oxygen atoms in total. The van der Waals surface area contributed by atoms with Gasteiger partial charge in [-0.15, -0.1) is 0 Å². The summed E-state index contributed by atoms with van der Waals surface area (Å²) in [7, 11) is 0. The normalized spacial score (nSPS) is 13.9. The second-order valence-electron chi connectivity index (χ2n) is 19.5. The number of hydrogen-bond acceptors (Lipinski definition) is 2. The maximum atomic E-state index is 5.27. The van der Waals surface area contributed by atoms with E-state index in [0.29, 0.717) is 0 Å². The van der Waals surface area contributed by atoms with Crippen LogP contribution in [0.1, 0.15) is 62.3 Å². The van der Waals surface area contributed by atoms with Gasteiger partial charge in [-0.2, -0.15) is 0 Å². The van der Waals surface area contributed by atoms with Gasteiger partial charge in [-0.25, -0.2) is 0 Å². The minimum absolute atomic E-state index is 0.0843. The van der Waals surface area contributed by atoms with E-state index in [1.165, 1.54) is 98.5 Å². The molecule has 2 aliphatic carbocycles. The summed E-state index contributed by atoms with van der Waals surface area (Å²) in [5, 5.41) is 12.6. The molecule has 11 aromatic rings. The topological polar surface area (TPSA) is 30.7 Å². The fourth-order valence-electron chi connectivity index (χ4n) is 11.3. The van der Waals surface area contributed by atoms with Crippen molar-refractivity contribution in [2.75, 3.05) is 0 Å². The molecule has 3 heterocycles. The van der Waals surface area contributed by atoms with E-state index in [2.05, 4.69) is 214 Å². The smallest absolute Gasteiger partial charge is 0.0894 e. The zero-order valence-corrected chi connectivity index (χ0v) is 38.1. The molecule has 0 saturated carbocycles. The van der Waals surface area contributed by atoms with E-state index in [0.717, 1.165) is 59.2 Å². The highest BCUT2D eigenvalue weighted by Gasteiger charge is 2.22. The maximum absolute atomic E-state index is 5.27. The van der Waals surface area contributed by atoms with Gasteiger partial charge >= 0.3 is 0 Å². The molecule has 67 heavy (non-hydrogen) atoms. The zero-order chi connectivity index (χ0) is 44.8. The van der Waals surface area contributed by atoms with Crippen LogP contribution < -0.4 is 0 Å². The summed E-state index contributed by atoms with van der Waals surface area (Å²) < 4.78 is 2.44. The molecule has 0 N–H and O–H groups in total. The van der Waals surface area contributed by atoms with Gasteiger partial charge in [0.05, 0.1) is 28.6 Å². The standard InChI is InChI=1S/C64H49N3/c1-64(2,3)44-28-25-41(26-29-44)62-52-21-11-13-23-54(52)63(55-24-14-12-22-53(55)62)43-33-34-65-58(35-43)59-38-57-51-31-27-42(40-15-5-4-6-16-40)36-60(51)67(61(57)39-66-59)45-30-32-50-48-19-8-7-17-46(48)47-18-9-10-20-49(47)56(50)37-45/h4-5,7-8,10-15,17,19-39H,6,9,16,18H2,1-3H3. The van der Waals surface area contributed by atoms with Crippen LogP contribution in [0.3, 0.4) is 0 Å². The van der Waals surface area contributed by atoms with Crippen LogP contribution in [0.5, 0.6) is 0 Å². The van der Waals surface area contributed by atoms with Gasteiger partial charge in [0.25, 0.3) is 0 Å². The van der Waals surface area contributed by atoms with E-state index < -0.39 is 0 Å². The Hall–Kier alpha value is -7.88.